The number of nitrogens with two attached hydrogens (primary N) is 1. The number of carbonyl (C=O) groups is 2. The second-order valence-electron chi connectivity index (χ2n) is 10.9. The van der Waals surface area contributed by atoms with E-state index in [0.717, 1.165) is 57.1 Å². The lowest BCUT2D eigenvalue weighted by Crippen LogP contribution is -2.45. The van der Waals surface area contributed by atoms with E-state index in [-0.39, 0.29) is 37.3 Å². The van der Waals surface area contributed by atoms with Crippen LogP contribution >= 0.6 is 0 Å². The summed E-state index contributed by atoms with van der Waals surface area (Å²) in [5.41, 5.74) is 6.57. The van der Waals surface area contributed by atoms with Crippen molar-refractivity contribution in [1.82, 2.24) is 9.80 Å². The van der Waals surface area contributed by atoms with Crippen molar-refractivity contribution >= 4 is 11.9 Å². The van der Waals surface area contributed by atoms with Crippen LogP contribution in [0.1, 0.15) is 69.8 Å². The van der Waals surface area contributed by atoms with E-state index in [1.54, 1.807) is 7.11 Å². The molecule has 0 radical (unpaired) electrons. The van der Waals surface area contributed by atoms with E-state index in [1.807, 2.05) is 17.0 Å². The number of carboxylic acid groups (broad SMARTS) is 1. The molecule has 2 saturated heterocycles. The number of carboxylic acids is 1. The molecular formula is C29H45N3O7. The average molecular weight is 548 g/mol. The van der Waals surface area contributed by atoms with E-state index >= 15 is 0 Å². The molecule has 3 N–H and O–H groups in total. The summed E-state index contributed by atoms with van der Waals surface area (Å²) in [6.07, 6.45) is 7.45. The molecule has 39 heavy (non-hydrogen) atoms. The molecule has 0 spiro atoms. The maximum Gasteiger partial charge on any atom is 0.308 e. The SMILES string of the molecule is CCCCN(CCCN)C(=O)CN1C[C@H](c2cc(OC)c3c(c2)OCO3)C(C(=O)O)[C@@H]1CCC1CCCCO1. The Kier molecular flexibility index (Phi) is 10.7. The molecule has 10 heteroatoms. The molecule has 4 rings (SSSR count). The number of fused-ring (bicyclic) bond motifs is 1. The zero-order valence-corrected chi connectivity index (χ0v) is 23.4. The van der Waals surface area contributed by atoms with Gasteiger partial charge in [0.05, 0.1) is 25.7 Å². The van der Waals surface area contributed by atoms with Crippen LogP contribution in [0.25, 0.3) is 0 Å². The number of hydrogen-bond acceptors (Lipinski definition) is 8. The van der Waals surface area contributed by atoms with Gasteiger partial charge in [0, 0.05) is 38.2 Å². The third-order valence-electron chi connectivity index (χ3n) is 8.31. The molecule has 1 aromatic carbocycles. The summed E-state index contributed by atoms with van der Waals surface area (Å²) in [7, 11) is 1.56. The zero-order chi connectivity index (χ0) is 27.8. The molecule has 1 aromatic rings. The maximum absolute atomic E-state index is 13.6. The molecule has 10 nitrogen and oxygen atoms in total. The monoisotopic (exact) mass is 547 g/mol. The molecule has 0 aliphatic carbocycles. The van der Waals surface area contributed by atoms with Crippen molar-refractivity contribution in [2.45, 2.75) is 76.4 Å². The van der Waals surface area contributed by atoms with Gasteiger partial charge in [-0.05, 0) is 69.2 Å². The molecule has 1 amide bonds. The lowest BCUT2D eigenvalue weighted by atomic mass is 9.83. The first-order valence-electron chi connectivity index (χ1n) is 14.5. The van der Waals surface area contributed by atoms with Gasteiger partial charge in [-0.2, -0.15) is 0 Å². The van der Waals surface area contributed by atoms with Crippen LogP contribution in [0.2, 0.25) is 0 Å². The standard InChI is InChI=1S/C29H45N3O7/c1-3-4-12-31(13-7-11-30)26(33)18-32-17-22(20-15-24(36-2)28-25(16-20)38-19-39-28)27(29(34)35)23(32)10-9-21-8-5-6-14-37-21/h15-16,21-23,27H,3-14,17-19,30H2,1-2H3,(H,34,35)/t21?,22-,23+,27?/m1/s1. The number of nitrogens with zero attached hydrogens (tertiary/aromatic N) is 2. The Morgan fingerprint density at radius 2 is 2.00 bits per heavy atom. The van der Waals surface area contributed by atoms with Crippen LogP contribution in [0.5, 0.6) is 17.2 Å². The second-order valence-corrected chi connectivity index (χ2v) is 10.9. The highest BCUT2D eigenvalue weighted by molar-refractivity contribution is 5.79. The number of ether oxygens (including phenoxy) is 4. The van der Waals surface area contributed by atoms with E-state index in [1.165, 1.54) is 0 Å². The van der Waals surface area contributed by atoms with Crippen LogP contribution in [-0.2, 0) is 14.3 Å². The lowest BCUT2D eigenvalue weighted by molar-refractivity contribution is -0.144. The van der Waals surface area contributed by atoms with Crippen LogP contribution in [0.4, 0.5) is 0 Å². The van der Waals surface area contributed by atoms with Gasteiger partial charge in [-0.1, -0.05) is 13.3 Å². The van der Waals surface area contributed by atoms with Crippen molar-refractivity contribution in [3.8, 4) is 17.2 Å². The molecule has 218 valence electrons. The van der Waals surface area contributed by atoms with Gasteiger partial charge in [0.1, 0.15) is 0 Å². The quantitative estimate of drug-likeness (QED) is 0.361. The number of benzene rings is 1. The number of amides is 1. The smallest absolute Gasteiger partial charge is 0.308 e. The molecule has 0 saturated carbocycles. The average Bonchev–Trinajstić information content (AvgIpc) is 3.56. The van der Waals surface area contributed by atoms with Gasteiger partial charge in [-0.25, -0.2) is 0 Å². The molecule has 3 aliphatic heterocycles. The zero-order valence-electron chi connectivity index (χ0n) is 23.4. The normalized spacial score (nSPS) is 24.6. The van der Waals surface area contributed by atoms with Crippen LogP contribution in [0.15, 0.2) is 12.1 Å². The lowest BCUT2D eigenvalue weighted by Gasteiger charge is -2.31. The van der Waals surface area contributed by atoms with Gasteiger partial charge < -0.3 is 34.7 Å². The van der Waals surface area contributed by atoms with Gasteiger partial charge in [0.15, 0.2) is 11.5 Å². The summed E-state index contributed by atoms with van der Waals surface area (Å²) in [5.74, 6) is -0.212. The Morgan fingerprint density at radius 1 is 1.18 bits per heavy atom. The van der Waals surface area contributed by atoms with E-state index in [9.17, 15) is 14.7 Å². The molecule has 2 fully saturated rings. The third kappa shape index (κ3) is 7.15. The Balaban J connectivity index is 1.60. The number of rotatable bonds is 14. The minimum absolute atomic E-state index is 0.0314. The number of methoxy groups -OCH3 is 1. The highest BCUT2D eigenvalue weighted by Gasteiger charge is 2.47. The number of carbonyl (C=O) groups excluding carboxylic acids is 1. The third-order valence-corrected chi connectivity index (χ3v) is 8.31. The van der Waals surface area contributed by atoms with Gasteiger partial charge in [0.2, 0.25) is 18.4 Å². The second kappa shape index (κ2) is 14.2. The summed E-state index contributed by atoms with van der Waals surface area (Å²) >= 11 is 0. The first-order valence-corrected chi connectivity index (χ1v) is 14.5. The highest BCUT2D eigenvalue weighted by atomic mass is 16.7. The Hall–Kier alpha value is -2.56. The number of unbranched alkanes of at least 4 members (excludes halogenated alkanes) is 1. The van der Waals surface area contributed by atoms with Gasteiger partial charge in [0.25, 0.3) is 0 Å². The molecule has 2 unspecified atom stereocenters. The summed E-state index contributed by atoms with van der Waals surface area (Å²) < 4.78 is 22.7. The van der Waals surface area contributed by atoms with E-state index < -0.39 is 11.9 Å². The summed E-state index contributed by atoms with van der Waals surface area (Å²) in [6, 6.07) is 3.43. The number of hydrogen-bond donors (Lipinski definition) is 2. The van der Waals surface area contributed by atoms with Crippen LogP contribution in [-0.4, -0.2) is 92.2 Å². The van der Waals surface area contributed by atoms with Crippen molar-refractivity contribution in [3.63, 3.8) is 0 Å². The molecule has 3 heterocycles. The fourth-order valence-corrected chi connectivity index (χ4v) is 6.21. The van der Waals surface area contributed by atoms with E-state index in [2.05, 4.69) is 11.8 Å². The van der Waals surface area contributed by atoms with Crippen molar-refractivity contribution in [2.75, 3.05) is 53.2 Å². The van der Waals surface area contributed by atoms with E-state index in [0.29, 0.717) is 49.8 Å². The molecular weight excluding hydrogens is 502 g/mol. The Labute approximate surface area is 231 Å². The number of likely N-dealkylation sites (tertiary alicyclic amines) is 1. The maximum atomic E-state index is 13.6. The Morgan fingerprint density at radius 3 is 2.69 bits per heavy atom. The number of aliphatic carboxylic acids is 1. The topological polar surface area (TPSA) is 124 Å². The fraction of sp³-hybridized carbons (Fsp3) is 0.724. The molecule has 4 atom stereocenters. The first-order chi connectivity index (χ1) is 19.0. The molecule has 3 aliphatic rings. The minimum atomic E-state index is -0.855. The fourth-order valence-electron chi connectivity index (χ4n) is 6.21. The summed E-state index contributed by atoms with van der Waals surface area (Å²) in [6.45, 7) is 5.45. The summed E-state index contributed by atoms with van der Waals surface area (Å²) in [4.78, 5) is 30.4. The predicted molar refractivity (Wildman–Crippen MR) is 146 cm³/mol. The largest absolute Gasteiger partial charge is 0.493 e. The van der Waals surface area contributed by atoms with Crippen LogP contribution < -0.4 is 19.9 Å². The van der Waals surface area contributed by atoms with Crippen molar-refractivity contribution in [1.29, 1.82) is 0 Å². The van der Waals surface area contributed by atoms with Crippen LogP contribution in [0.3, 0.4) is 0 Å². The first kappa shape index (κ1) is 29.4. The van der Waals surface area contributed by atoms with Crippen molar-refractivity contribution in [3.05, 3.63) is 17.7 Å². The molecule has 0 aromatic heterocycles. The van der Waals surface area contributed by atoms with Gasteiger partial charge in [-0.3, -0.25) is 14.5 Å². The Bertz CT molecular complexity index is 960. The van der Waals surface area contributed by atoms with Crippen molar-refractivity contribution in [2.24, 2.45) is 11.7 Å². The predicted octanol–water partition coefficient (Wildman–Crippen LogP) is 3.22. The van der Waals surface area contributed by atoms with Crippen molar-refractivity contribution < 1.29 is 33.6 Å². The summed E-state index contributed by atoms with van der Waals surface area (Å²) in [5, 5.41) is 10.5. The van der Waals surface area contributed by atoms with E-state index in [4.69, 9.17) is 24.7 Å². The minimum Gasteiger partial charge on any atom is -0.493 e. The highest BCUT2D eigenvalue weighted by Crippen LogP contribution is 2.47. The van der Waals surface area contributed by atoms with Crippen LogP contribution in [0, 0.1) is 5.92 Å². The van der Waals surface area contributed by atoms with Gasteiger partial charge >= 0.3 is 5.97 Å². The molecule has 0 bridgehead atoms. The van der Waals surface area contributed by atoms with Gasteiger partial charge in [-0.15, -0.1) is 0 Å².